The highest BCUT2D eigenvalue weighted by molar-refractivity contribution is 5.99. The molecule has 8 bridgehead atoms. The Morgan fingerprint density at radius 2 is 0.792 bits per heavy atom. The third kappa shape index (κ3) is 11.5. The maximum atomic E-state index is 11.3. The summed E-state index contributed by atoms with van der Waals surface area (Å²) in [5.74, 6) is 0.258. The van der Waals surface area contributed by atoms with Gasteiger partial charge in [-0.05, 0) is 83.0 Å². The Bertz CT molecular complexity index is 3410. The van der Waals surface area contributed by atoms with Crippen LogP contribution in [0.15, 0.2) is 122 Å². The first-order chi connectivity index (χ1) is 35.8. The number of aromatic nitrogens is 7. The molecule has 4 aliphatic rings. The molecule has 2 saturated heterocycles. The molecule has 10 atom stereocenters. The van der Waals surface area contributed by atoms with Crippen molar-refractivity contribution in [3.05, 3.63) is 145 Å². The van der Waals surface area contributed by atoms with Crippen LogP contribution in [0.4, 0.5) is 0 Å². The van der Waals surface area contributed by atoms with Gasteiger partial charge in [-0.2, -0.15) is 0 Å². The van der Waals surface area contributed by atoms with Crippen molar-refractivity contribution >= 4 is 46.4 Å². The number of nitrogens with one attached hydrogen (secondary N) is 2. The number of H-pyrrole nitrogens is 2. The van der Waals surface area contributed by atoms with E-state index >= 15 is 0 Å². The van der Waals surface area contributed by atoms with Crippen molar-refractivity contribution < 1.29 is 140 Å². The van der Waals surface area contributed by atoms with E-state index in [2.05, 4.69) is 70.7 Å². The van der Waals surface area contributed by atoms with Crippen LogP contribution < -0.4 is 90.4 Å². The highest BCUT2D eigenvalue weighted by atomic mass is 127. The Hall–Kier alpha value is -5.14. The van der Waals surface area contributed by atoms with Crippen LogP contribution in [0.25, 0.3) is 90.9 Å². The lowest BCUT2D eigenvalue weighted by molar-refractivity contribution is -0.671. The summed E-state index contributed by atoms with van der Waals surface area (Å²) in [5, 5.41) is 73.7. The summed E-state index contributed by atoms with van der Waals surface area (Å²) in [4.78, 5) is 18.3. The number of hydrogen-bond acceptors (Lipinski definition) is 13. The van der Waals surface area contributed by atoms with Gasteiger partial charge in [0.2, 0.25) is 6.29 Å². The third-order valence-corrected chi connectivity index (χ3v) is 13.9. The first-order valence-electron chi connectivity index (χ1n) is 24.2. The van der Waals surface area contributed by atoms with E-state index in [4.69, 9.17) is 28.9 Å². The number of pyridine rings is 3. The molecule has 1 aromatic carbocycles. The van der Waals surface area contributed by atoms with Crippen LogP contribution in [0, 0.1) is 0 Å². The molecule has 77 heavy (non-hydrogen) atoms. The SMILES string of the molecule is C[n+]1ccc(-c2c3nc(c(-c4cc[n+](C)cc4)c4ccc([nH]4)c(-c4cc[n+](C)cc4)c4nc(c(-c5ccc(O[C@@H]6O[C@H](CO)[C@@H](O[C@@H]7O[C@H](CO)[C@H](O)[C@H](O)[C@H]7O)[C@H](O)[C@H]6O)cc5)c5ccc2[nH]5)C=C4)C=C3)cc1.[I-].[I-].[I-]. The van der Waals surface area contributed by atoms with Gasteiger partial charge in [-0.25, -0.2) is 23.7 Å². The van der Waals surface area contributed by atoms with E-state index in [9.17, 15) is 35.7 Å². The number of rotatable bonds is 10. The number of hydrogen-bond donors (Lipinski definition) is 9. The lowest BCUT2D eigenvalue weighted by Crippen LogP contribution is -3.00. The minimum atomic E-state index is -1.79. The Morgan fingerprint density at radius 1 is 0.442 bits per heavy atom. The zero-order valence-electron chi connectivity index (χ0n) is 41.7. The molecule has 11 rings (SSSR count). The number of fused-ring (bicyclic) bond motifs is 8. The van der Waals surface area contributed by atoms with Gasteiger partial charge in [-0.1, -0.05) is 12.1 Å². The smallest absolute Gasteiger partial charge is 0.229 e. The number of aromatic amines is 2. The molecule has 0 saturated carbocycles. The molecule has 0 unspecified atom stereocenters. The molecule has 0 aliphatic carbocycles. The van der Waals surface area contributed by atoms with Gasteiger partial charge in [-0.3, -0.25) is 0 Å². The molecule has 21 heteroatoms. The standard InChI is InChI=1S/C56H55N7O11.3HI/c1-61-22-16-31(17-23-61)46-37-10-8-35(57-37)45(30-4-6-34(7-5-30)71-55-53(70)51(68)54(44(29-65)73-55)74-56-52(69)50(67)49(66)43(28-64)72-56)36-9-11-38(58-36)47(32-18-24-62(2)25-19-32)40-13-15-42(60-40)48(41-14-12-39(46)59-41)33-20-26-63(3)27-21-33;;;/h4-27,43-44,49-56,64-70H,28-29H2,1-3H3,(H,57,58,59,60);3*1H/q+2;;;/p-2/t43-,44-,49+,50+,51-,52-,53-,54-,55-,56+;;;/m1.../s1. The van der Waals surface area contributed by atoms with Crippen molar-refractivity contribution in [2.75, 3.05) is 13.2 Å². The number of aliphatic hydroxyl groups is 7. The van der Waals surface area contributed by atoms with Crippen LogP contribution in [0.1, 0.15) is 22.8 Å². The molecular formula is C56H56I3N7O11. The van der Waals surface area contributed by atoms with Gasteiger partial charge in [-0.15, -0.1) is 0 Å². The van der Waals surface area contributed by atoms with E-state index in [0.717, 1.165) is 83.7 Å². The highest BCUT2D eigenvalue weighted by Gasteiger charge is 2.51. The zero-order chi connectivity index (χ0) is 51.4. The summed E-state index contributed by atoms with van der Waals surface area (Å²) in [7, 11) is 5.95. The van der Waals surface area contributed by atoms with E-state index in [-0.39, 0.29) is 77.7 Å². The predicted molar refractivity (Wildman–Crippen MR) is 271 cm³/mol. The van der Waals surface area contributed by atoms with E-state index in [1.807, 2.05) is 108 Å². The second kappa shape index (κ2) is 24.5. The minimum Gasteiger partial charge on any atom is -1.00 e. The van der Waals surface area contributed by atoms with Crippen molar-refractivity contribution in [2.24, 2.45) is 21.1 Å². The van der Waals surface area contributed by atoms with Gasteiger partial charge in [0.1, 0.15) is 75.7 Å². The lowest BCUT2D eigenvalue weighted by Gasteiger charge is -2.45. The van der Waals surface area contributed by atoms with Gasteiger partial charge in [0.15, 0.2) is 43.5 Å². The lowest BCUT2D eigenvalue weighted by atomic mass is 9.97. The van der Waals surface area contributed by atoms with Crippen molar-refractivity contribution in [1.29, 1.82) is 0 Å². The van der Waals surface area contributed by atoms with Crippen LogP contribution in [0.3, 0.4) is 0 Å². The summed E-state index contributed by atoms with van der Waals surface area (Å²) in [6.45, 7) is -1.41. The van der Waals surface area contributed by atoms with E-state index in [0.29, 0.717) is 5.69 Å². The normalized spacial score (nSPS) is 23.6. The quantitative estimate of drug-likeness (QED) is 0.0458. The summed E-state index contributed by atoms with van der Waals surface area (Å²) in [6.07, 6.45) is 4.33. The number of ether oxygens (including phenoxy) is 4. The molecule has 18 nitrogen and oxygen atoms in total. The second-order valence-electron chi connectivity index (χ2n) is 18.9. The molecule has 7 aromatic rings. The maximum absolute atomic E-state index is 11.3. The van der Waals surface area contributed by atoms with Crippen molar-refractivity contribution in [3.63, 3.8) is 0 Å². The van der Waals surface area contributed by atoms with Gasteiger partial charge >= 0.3 is 0 Å². The van der Waals surface area contributed by atoms with Crippen molar-refractivity contribution in [3.8, 4) is 50.3 Å². The van der Waals surface area contributed by atoms with Crippen molar-refractivity contribution in [1.82, 2.24) is 19.9 Å². The fourth-order valence-corrected chi connectivity index (χ4v) is 9.91. The van der Waals surface area contributed by atoms with Crippen LogP contribution in [-0.2, 0) is 35.4 Å². The van der Waals surface area contributed by atoms with Crippen LogP contribution in [0.2, 0.25) is 0 Å². The number of aliphatic hydroxyl groups excluding tert-OH is 7. The Balaban J connectivity index is 0.00000261. The molecule has 0 radical (unpaired) electrons. The molecule has 9 N–H and O–H groups in total. The molecule has 6 aromatic heterocycles. The molecule has 0 spiro atoms. The van der Waals surface area contributed by atoms with Crippen LogP contribution in [-0.4, -0.2) is 130 Å². The van der Waals surface area contributed by atoms with Gasteiger partial charge in [0, 0.05) is 80.7 Å². The Morgan fingerprint density at radius 3 is 1.17 bits per heavy atom. The summed E-state index contributed by atoms with van der Waals surface area (Å²) >= 11 is 0. The predicted octanol–water partition coefficient (Wildman–Crippen LogP) is -6.19. The molecule has 402 valence electrons. The average molecular weight is 1380 g/mol. The minimum absolute atomic E-state index is 0. The summed E-state index contributed by atoms with van der Waals surface area (Å²) in [5.41, 5.74) is 13.5. The second-order valence-corrected chi connectivity index (χ2v) is 18.9. The maximum Gasteiger partial charge on any atom is 0.229 e. The highest BCUT2D eigenvalue weighted by Crippen LogP contribution is 2.39. The topological polar surface area (TPSA) is 248 Å². The third-order valence-electron chi connectivity index (χ3n) is 13.9. The fourth-order valence-electron chi connectivity index (χ4n) is 9.91. The zero-order valence-corrected chi connectivity index (χ0v) is 48.2. The van der Waals surface area contributed by atoms with E-state index in [1.165, 1.54) is 0 Å². The number of benzene rings is 1. The van der Waals surface area contributed by atoms with Gasteiger partial charge in [0.05, 0.1) is 36.0 Å². The Kier molecular flexibility index (Phi) is 18.4. The monoisotopic (exact) mass is 1380 g/mol. The number of aryl methyl sites for hydroxylation is 3. The molecule has 0 amide bonds. The van der Waals surface area contributed by atoms with Gasteiger partial charge in [0.25, 0.3) is 0 Å². The van der Waals surface area contributed by atoms with Crippen LogP contribution >= 0.6 is 0 Å². The molecule has 10 heterocycles. The van der Waals surface area contributed by atoms with E-state index in [1.54, 1.807) is 12.1 Å². The molecule has 4 aliphatic heterocycles. The largest absolute Gasteiger partial charge is 1.00 e. The summed E-state index contributed by atoms with van der Waals surface area (Å²) in [6, 6.07) is 27.8. The van der Waals surface area contributed by atoms with Gasteiger partial charge < -0.3 is 137 Å². The average Bonchev–Trinajstić information content (AvgIpc) is 4.29. The van der Waals surface area contributed by atoms with Crippen molar-refractivity contribution in [2.45, 2.75) is 61.4 Å². The first-order valence-corrected chi connectivity index (χ1v) is 24.2. The number of halogens is 3. The first kappa shape index (κ1) is 58.0. The summed E-state index contributed by atoms with van der Waals surface area (Å²) < 4.78 is 29.2. The molecular weight excluding hydrogens is 1330 g/mol. The number of nitrogens with zero attached hydrogens (tertiary/aromatic N) is 5. The molecule has 2 fully saturated rings. The van der Waals surface area contributed by atoms with Crippen LogP contribution in [0.5, 0.6) is 5.75 Å². The fraction of sp³-hybridized carbons (Fsp3) is 0.268. The Labute approximate surface area is 493 Å². The van der Waals surface area contributed by atoms with E-state index < -0.39 is 74.6 Å².